The first kappa shape index (κ1) is 11.0. The van der Waals surface area contributed by atoms with E-state index in [0.29, 0.717) is 10.7 Å². The summed E-state index contributed by atoms with van der Waals surface area (Å²) in [4.78, 5) is 22.7. The lowest BCUT2D eigenvalue weighted by Gasteiger charge is -2.19. The molecule has 2 rings (SSSR count). The van der Waals surface area contributed by atoms with Gasteiger partial charge in [-0.1, -0.05) is 17.7 Å². The molecule has 0 spiro atoms. The van der Waals surface area contributed by atoms with Crippen LogP contribution in [0.4, 0.5) is 5.69 Å². The van der Waals surface area contributed by atoms with Crippen LogP contribution < -0.4 is 10.4 Å². The minimum Gasteiger partial charge on any atom is -0.273 e. The summed E-state index contributed by atoms with van der Waals surface area (Å²) in [6.45, 7) is 3.78. The number of hydrogen-bond donors (Lipinski definition) is 1. The van der Waals surface area contributed by atoms with Crippen molar-refractivity contribution in [2.45, 2.75) is 20.3 Å². The predicted molar refractivity (Wildman–Crippen MR) is 61.2 cm³/mol. The summed E-state index contributed by atoms with van der Waals surface area (Å²) in [6.07, 6.45) is -0.121. The van der Waals surface area contributed by atoms with Crippen molar-refractivity contribution in [1.82, 2.24) is 5.43 Å². The molecule has 0 aromatic heterocycles. The van der Waals surface area contributed by atoms with E-state index in [4.69, 9.17) is 11.6 Å². The van der Waals surface area contributed by atoms with Crippen molar-refractivity contribution in [3.05, 3.63) is 28.3 Å². The third-order valence-electron chi connectivity index (χ3n) is 2.42. The number of anilines is 1. The molecule has 2 amide bonds. The fraction of sp³-hybridized carbons (Fsp3) is 0.273. The second-order valence-corrected chi connectivity index (χ2v) is 4.26. The van der Waals surface area contributed by atoms with Crippen LogP contribution in [0.5, 0.6) is 0 Å². The van der Waals surface area contributed by atoms with Crippen molar-refractivity contribution in [3.63, 3.8) is 0 Å². The smallest absolute Gasteiger partial charge is 0.255 e. The van der Waals surface area contributed by atoms with E-state index in [9.17, 15) is 9.59 Å². The summed E-state index contributed by atoms with van der Waals surface area (Å²) in [7, 11) is 0. The Morgan fingerprint density at radius 3 is 2.50 bits per heavy atom. The van der Waals surface area contributed by atoms with Gasteiger partial charge in [-0.25, -0.2) is 5.01 Å². The molecule has 0 atom stereocenters. The maximum absolute atomic E-state index is 11.6. The molecule has 1 heterocycles. The van der Waals surface area contributed by atoms with Crippen LogP contribution in [0.15, 0.2) is 12.1 Å². The molecule has 16 heavy (non-hydrogen) atoms. The summed E-state index contributed by atoms with van der Waals surface area (Å²) in [5.41, 5.74) is 4.92. The van der Waals surface area contributed by atoms with E-state index in [0.717, 1.165) is 11.1 Å². The summed E-state index contributed by atoms with van der Waals surface area (Å²) in [5.74, 6) is -0.583. The minimum absolute atomic E-state index is 0.121. The van der Waals surface area contributed by atoms with Crippen LogP contribution in [0.25, 0.3) is 0 Å². The van der Waals surface area contributed by atoms with Gasteiger partial charge in [-0.3, -0.25) is 15.0 Å². The first-order valence-corrected chi connectivity index (χ1v) is 5.26. The lowest BCUT2D eigenvalue weighted by molar-refractivity contribution is -0.122. The average Bonchev–Trinajstić information content (AvgIpc) is 2.43. The highest BCUT2D eigenvalue weighted by Gasteiger charge is 2.30. The molecular formula is C11H11ClN2O2. The van der Waals surface area contributed by atoms with Crippen LogP contribution in [0, 0.1) is 13.8 Å². The highest BCUT2D eigenvalue weighted by molar-refractivity contribution is 6.34. The fourth-order valence-electron chi connectivity index (χ4n) is 1.81. The molecule has 84 valence electrons. The minimum atomic E-state index is -0.305. The Bertz CT molecular complexity index is 462. The van der Waals surface area contributed by atoms with E-state index in [1.807, 2.05) is 19.9 Å². The Morgan fingerprint density at radius 1 is 1.31 bits per heavy atom. The Hall–Kier alpha value is -1.55. The Labute approximate surface area is 98.2 Å². The van der Waals surface area contributed by atoms with Crippen molar-refractivity contribution in [3.8, 4) is 0 Å². The second kappa shape index (κ2) is 3.79. The molecule has 1 aromatic carbocycles. The molecule has 1 aliphatic rings. The van der Waals surface area contributed by atoms with Gasteiger partial charge >= 0.3 is 0 Å². The normalized spacial score (nSPS) is 15.6. The molecule has 5 heteroatoms. The van der Waals surface area contributed by atoms with Gasteiger partial charge < -0.3 is 0 Å². The van der Waals surface area contributed by atoms with Crippen molar-refractivity contribution in [2.24, 2.45) is 0 Å². The Morgan fingerprint density at radius 2 is 2.00 bits per heavy atom. The first-order valence-electron chi connectivity index (χ1n) is 4.88. The van der Waals surface area contributed by atoms with Crippen LogP contribution in [0.1, 0.15) is 17.5 Å². The van der Waals surface area contributed by atoms with Crippen molar-refractivity contribution in [1.29, 1.82) is 0 Å². The zero-order valence-electron chi connectivity index (χ0n) is 9.00. The lowest BCUT2D eigenvalue weighted by atomic mass is 10.1. The van der Waals surface area contributed by atoms with Gasteiger partial charge in [0.25, 0.3) is 5.91 Å². The van der Waals surface area contributed by atoms with Gasteiger partial charge in [-0.2, -0.15) is 0 Å². The molecule has 1 fully saturated rings. The second-order valence-electron chi connectivity index (χ2n) is 3.85. The van der Waals surface area contributed by atoms with Crippen molar-refractivity contribution < 1.29 is 9.59 Å². The molecule has 1 N–H and O–H groups in total. The number of benzene rings is 1. The Balaban J connectivity index is 2.48. The average molecular weight is 239 g/mol. The third-order valence-corrected chi connectivity index (χ3v) is 2.71. The standard InChI is InChI=1S/C11H11ClN2O2/c1-6-3-7(2)11(8(12)4-6)14-10(16)5-9(15)13-14/h3-4H,5H2,1-2H3,(H,13,15). The van der Waals surface area contributed by atoms with Gasteiger partial charge in [-0.15, -0.1) is 0 Å². The molecular weight excluding hydrogens is 228 g/mol. The zero-order valence-corrected chi connectivity index (χ0v) is 9.76. The number of nitrogens with zero attached hydrogens (tertiary/aromatic N) is 1. The molecule has 0 saturated carbocycles. The number of rotatable bonds is 1. The molecule has 0 radical (unpaired) electrons. The van der Waals surface area contributed by atoms with E-state index in [-0.39, 0.29) is 18.2 Å². The third kappa shape index (κ3) is 1.76. The van der Waals surface area contributed by atoms with Gasteiger partial charge in [-0.05, 0) is 31.0 Å². The molecule has 0 aliphatic carbocycles. The fourth-order valence-corrected chi connectivity index (χ4v) is 2.22. The van der Waals surface area contributed by atoms with Crippen LogP contribution in [-0.2, 0) is 9.59 Å². The largest absolute Gasteiger partial charge is 0.273 e. The van der Waals surface area contributed by atoms with Crippen LogP contribution in [0.2, 0.25) is 5.02 Å². The van der Waals surface area contributed by atoms with E-state index >= 15 is 0 Å². The van der Waals surface area contributed by atoms with Gasteiger partial charge in [0.15, 0.2) is 0 Å². The molecule has 0 bridgehead atoms. The number of aryl methyl sites for hydroxylation is 2. The SMILES string of the molecule is Cc1cc(C)c(N2NC(=O)CC2=O)c(Cl)c1. The van der Waals surface area contributed by atoms with Crippen LogP contribution >= 0.6 is 11.6 Å². The van der Waals surface area contributed by atoms with Gasteiger partial charge in [0, 0.05) is 0 Å². The van der Waals surface area contributed by atoms with Crippen molar-refractivity contribution >= 4 is 29.1 Å². The molecule has 0 unspecified atom stereocenters. The number of amides is 2. The van der Waals surface area contributed by atoms with E-state index in [1.165, 1.54) is 5.01 Å². The number of carbonyl (C=O) groups is 2. The summed E-state index contributed by atoms with van der Waals surface area (Å²) in [6, 6.07) is 3.68. The van der Waals surface area contributed by atoms with Gasteiger partial charge in [0.2, 0.25) is 5.91 Å². The molecule has 1 aromatic rings. The van der Waals surface area contributed by atoms with Gasteiger partial charge in [0.05, 0.1) is 10.7 Å². The van der Waals surface area contributed by atoms with Crippen LogP contribution in [0.3, 0.4) is 0 Å². The van der Waals surface area contributed by atoms with E-state index < -0.39 is 0 Å². The highest BCUT2D eigenvalue weighted by Crippen LogP contribution is 2.31. The van der Waals surface area contributed by atoms with E-state index in [2.05, 4.69) is 5.43 Å². The molecule has 1 saturated heterocycles. The summed E-state index contributed by atoms with van der Waals surface area (Å²) >= 11 is 6.08. The molecule has 1 aliphatic heterocycles. The van der Waals surface area contributed by atoms with Crippen molar-refractivity contribution in [2.75, 3.05) is 5.01 Å². The zero-order chi connectivity index (χ0) is 11.9. The highest BCUT2D eigenvalue weighted by atomic mass is 35.5. The summed E-state index contributed by atoms with van der Waals surface area (Å²) in [5, 5.41) is 1.69. The quantitative estimate of drug-likeness (QED) is 0.758. The monoisotopic (exact) mass is 238 g/mol. The lowest BCUT2D eigenvalue weighted by Crippen LogP contribution is -2.36. The number of halogens is 1. The Kier molecular flexibility index (Phi) is 2.59. The summed E-state index contributed by atoms with van der Waals surface area (Å²) < 4.78 is 0. The van der Waals surface area contributed by atoms with Crippen LogP contribution in [-0.4, -0.2) is 11.8 Å². The number of carbonyl (C=O) groups excluding carboxylic acids is 2. The maximum atomic E-state index is 11.6. The molecule has 4 nitrogen and oxygen atoms in total. The predicted octanol–water partition coefficient (Wildman–Crippen LogP) is 1.72. The topological polar surface area (TPSA) is 49.4 Å². The number of hydrazine groups is 1. The first-order chi connectivity index (χ1) is 7.49. The number of hydrogen-bond acceptors (Lipinski definition) is 2. The maximum Gasteiger partial charge on any atom is 0.255 e. The van der Waals surface area contributed by atoms with Gasteiger partial charge in [0.1, 0.15) is 6.42 Å². The number of nitrogens with one attached hydrogen (secondary N) is 1. The van der Waals surface area contributed by atoms with E-state index in [1.54, 1.807) is 6.07 Å².